The number of carbonyl (C=O) groups is 1. The van der Waals surface area contributed by atoms with Crippen LogP contribution in [0.1, 0.15) is 32.6 Å². The molecule has 0 aromatic heterocycles. The van der Waals surface area contributed by atoms with E-state index in [0.717, 1.165) is 25.3 Å². The first-order valence-electron chi connectivity index (χ1n) is 6.00. The normalized spacial score (nSPS) is 30.4. The molecule has 1 aliphatic carbocycles. The quantitative estimate of drug-likeness (QED) is 0.768. The lowest BCUT2D eigenvalue weighted by molar-refractivity contribution is -0.119. The molecule has 1 rings (SSSR count). The first-order valence-corrected chi connectivity index (χ1v) is 6.54. The van der Waals surface area contributed by atoms with Crippen molar-refractivity contribution in [2.45, 2.75) is 38.1 Å². The molecule has 2 unspecified atom stereocenters. The summed E-state index contributed by atoms with van der Waals surface area (Å²) in [6.45, 7) is 3.01. The van der Waals surface area contributed by atoms with E-state index in [1.54, 1.807) is 0 Å². The molecule has 0 radical (unpaired) electrons. The molecule has 0 spiro atoms. The first-order chi connectivity index (χ1) is 7.50. The van der Waals surface area contributed by atoms with E-state index in [4.69, 9.17) is 11.6 Å². The average molecular weight is 247 g/mol. The van der Waals surface area contributed by atoms with Crippen molar-refractivity contribution in [2.24, 2.45) is 5.92 Å². The molecule has 3 nitrogen and oxygen atoms in total. The molecule has 1 aliphatic rings. The van der Waals surface area contributed by atoms with Gasteiger partial charge in [-0.15, -0.1) is 11.6 Å². The number of hydrogen-bond acceptors (Lipinski definition) is 2. The molecule has 0 heterocycles. The maximum atomic E-state index is 11.2. The number of nitrogens with zero attached hydrogens (tertiary/aromatic N) is 1. The number of nitrogens with one attached hydrogen (secondary N) is 1. The predicted octanol–water partition coefficient (Wildman–Crippen LogP) is 1.85. The van der Waals surface area contributed by atoms with Crippen LogP contribution in [-0.2, 0) is 4.79 Å². The number of hydrogen-bond donors (Lipinski definition) is 1. The highest BCUT2D eigenvalue weighted by Gasteiger charge is 2.36. The maximum Gasteiger partial charge on any atom is 0.234 e. The summed E-state index contributed by atoms with van der Waals surface area (Å²) in [7, 11) is 4.20. The fourth-order valence-electron chi connectivity index (χ4n) is 2.67. The van der Waals surface area contributed by atoms with Crippen LogP contribution in [0.4, 0.5) is 0 Å². The van der Waals surface area contributed by atoms with Gasteiger partial charge in [-0.25, -0.2) is 0 Å². The third kappa shape index (κ3) is 3.36. The third-order valence-electron chi connectivity index (χ3n) is 3.75. The van der Waals surface area contributed by atoms with E-state index in [1.165, 1.54) is 12.8 Å². The lowest BCUT2D eigenvalue weighted by Crippen LogP contribution is -2.55. The van der Waals surface area contributed by atoms with Crippen molar-refractivity contribution in [2.75, 3.05) is 26.5 Å². The Morgan fingerprint density at radius 1 is 1.56 bits per heavy atom. The van der Waals surface area contributed by atoms with Crippen LogP contribution >= 0.6 is 11.6 Å². The molecule has 0 saturated heterocycles. The summed E-state index contributed by atoms with van der Waals surface area (Å²) in [4.78, 5) is 13.5. The molecule has 16 heavy (non-hydrogen) atoms. The van der Waals surface area contributed by atoms with Crippen molar-refractivity contribution in [1.82, 2.24) is 10.2 Å². The highest BCUT2D eigenvalue weighted by atomic mass is 35.5. The van der Waals surface area contributed by atoms with E-state index in [9.17, 15) is 4.79 Å². The van der Waals surface area contributed by atoms with Crippen LogP contribution < -0.4 is 5.32 Å². The van der Waals surface area contributed by atoms with Crippen LogP contribution in [-0.4, -0.2) is 42.9 Å². The van der Waals surface area contributed by atoms with Crippen molar-refractivity contribution < 1.29 is 4.79 Å². The highest BCUT2D eigenvalue weighted by Crippen LogP contribution is 2.35. The molecular formula is C12H23ClN2O. The van der Waals surface area contributed by atoms with Crippen molar-refractivity contribution in [3.05, 3.63) is 0 Å². The number of alkyl halides is 1. The minimum absolute atomic E-state index is 0.0546. The summed E-state index contributed by atoms with van der Waals surface area (Å²) in [6.07, 6.45) is 4.87. The van der Waals surface area contributed by atoms with Crippen molar-refractivity contribution >= 4 is 17.5 Å². The van der Waals surface area contributed by atoms with Crippen molar-refractivity contribution in [3.63, 3.8) is 0 Å². The Kier molecular flexibility index (Phi) is 5.06. The molecule has 0 bridgehead atoms. The molecule has 1 fully saturated rings. The molecule has 1 amide bonds. The van der Waals surface area contributed by atoms with Gasteiger partial charge in [0.25, 0.3) is 0 Å². The van der Waals surface area contributed by atoms with Crippen LogP contribution in [0.3, 0.4) is 0 Å². The fraction of sp³-hybridized carbons (Fsp3) is 0.917. The molecule has 1 saturated carbocycles. The van der Waals surface area contributed by atoms with Gasteiger partial charge in [-0.1, -0.05) is 19.8 Å². The Labute approximate surface area is 104 Å². The van der Waals surface area contributed by atoms with Gasteiger partial charge in [0.05, 0.1) is 0 Å². The number of halogens is 1. The van der Waals surface area contributed by atoms with Gasteiger partial charge in [0.2, 0.25) is 5.91 Å². The van der Waals surface area contributed by atoms with Gasteiger partial charge in [-0.3, -0.25) is 4.79 Å². The maximum absolute atomic E-state index is 11.2. The molecule has 1 N–H and O–H groups in total. The molecule has 4 heteroatoms. The van der Waals surface area contributed by atoms with Crippen molar-refractivity contribution in [3.8, 4) is 0 Å². The van der Waals surface area contributed by atoms with Gasteiger partial charge >= 0.3 is 0 Å². The van der Waals surface area contributed by atoms with Gasteiger partial charge < -0.3 is 10.2 Å². The second-order valence-electron chi connectivity index (χ2n) is 5.23. The monoisotopic (exact) mass is 246 g/mol. The molecule has 0 aromatic rings. The van der Waals surface area contributed by atoms with Gasteiger partial charge in [-0.05, 0) is 32.9 Å². The Bertz CT molecular complexity index is 245. The minimum Gasteiger partial charge on any atom is -0.353 e. The second-order valence-corrected chi connectivity index (χ2v) is 5.50. The van der Waals surface area contributed by atoms with Crippen LogP contribution in [0.25, 0.3) is 0 Å². The Balaban J connectivity index is 2.61. The minimum atomic E-state index is -0.0684. The molecular weight excluding hydrogens is 224 g/mol. The largest absolute Gasteiger partial charge is 0.353 e. The fourth-order valence-corrected chi connectivity index (χ4v) is 2.76. The predicted molar refractivity (Wildman–Crippen MR) is 67.8 cm³/mol. The van der Waals surface area contributed by atoms with Crippen molar-refractivity contribution in [1.29, 1.82) is 0 Å². The van der Waals surface area contributed by atoms with Crippen LogP contribution in [0.5, 0.6) is 0 Å². The van der Waals surface area contributed by atoms with Crippen LogP contribution in [0.15, 0.2) is 0 Å². The molecule has 94 valence electrons. The zero-order valence-corrected chi connectivity index (χ0v) is 11.3. The van der Waals surface area contributed by atoms with Crippen LogP contribution in [0, 0.1) is 5.92 Å². The number of rotatable bonds is 4. The lowest BCUT2D eigenvalue weighted by atomic mass is 9.75. The molecule has 0 aromatic carbocycles. The first kappa shape index (κ1) is 13.8. The van der Waals surface area contributed by atoms with E-state index < -0.39 is 0 Å². The number of likely N-dealkylation sites (N-methyl/N-ethyl adjacent to an activating group) is 1. The lowest BCUT2D eigenvalue weighted by Gasteiger charge is -2.45. The zero-order valence-electron chi connectivity index (χ0n) is 10.6. The molecule has 0 aliphatic heterocycles. The average Bonchev–Trinajstić information content (AvgIpc) is 2.25. The highest BCUT2D eigenvalue weighted by molar-refractivity contribution is 6.27. The van der Waals surface area contributed by atoms with E-state index in [1.807, 2.05) is 0 Å². The topological polar surface area (TPSA) is 32.3 Å². The Morgan fingerprint density at radius 3 is 2.75 bits per heavy atom. The number of carbonyl (C=O) groups excluding carboxylic acids is 1. The van der Waals surface area contributed by atoms with Gasteiger partial charge in [0, 0.05) is 12.1 Å². The van der Waals surface area contributed by atoms with E-state index in [2.05, 4.69) is 31.2 Å². The summed E-state index contributed by atoms with van der Waals surface area (Å²) in [5, 5.41) is 2.93. The van der Waals surface area contributed by atoms with E-state index in [-0.39, 0.29) is 17.3 Å². The zero-order chi connectivity index (χ0) is 12.2. The van der Waals surface area contributed by atoms with Gasteiger partial charge in [0.1, 0.15) is 5.88 Å². The summed E-state index contributed by atoms with van der Waals surface area (Å²) in [5.41, 5.74) is 0.124. The SMILES string of the molecule is CC1CCCC(CNC(=O)CCl)(N(C)C)C1. The Hall–Kier alpha value is -0.280. The second kappa shape index (κ2) is 5.87. The van der Waals surface area contributed by atoms with E-state index >= 15 is 0 Å². The van der Waals surface area contributed by atoms with Crippen LogP contribution in [0.2, 0.25) is 0 Å². The van der Waals surface area contributed by atoms with Gasteiger partial charge in [-0.2, -0.15) is 0 Å². The smallest absolute Gasteiger partial charge is 0.234 e. The summed E-state index contributed by atoms with van der Waals surface area (Å²) < 4.78 is 0. The molecule has 2 atom stereocenters. The summed E-state index contributed by atoms with van der Waals surface area (Å²) in [6, 6.07) is 0. The van der Waals surface area contributed by atoms with Gasteiger partial charge in [0.15, 0.2) is 0 Å². The Morgan fingerprint density at radius 2 is 2.25 bits per heavy atom. The summed E-state index contributed by atoms with van der Waals surface area (Å²) in [5.74, 6) is 0.726. The summed E-state index contributed by atoms with van der Waals surface area (Å²) >= 11 is 5.50. The number of amides is 1. The third-order valence-corrected chi connectivity index (χ3v) is 3.99. The van der Waals surface area contributed by atoms with E-state index in [0.29, 0.717) is 0 Å². The standard InChI is InChI=1S/C12H23ClN2O/c1-10-5-4-6-12(7-10,15(2)3)9-14-11(16)8-13/h10H,4-9H2,1-3H3,(H,14,16).